The molecule has 1 aromatic carbocycles. The summed E-state index contributed by atoms with van der Waals surface area (Å²) in [5.74, 6) is 0.0285. The van der Waals surface area contributed by atoms with Crippen molar-refractivity contribution in [2.45, 2.75) is 32.3 Å². The van der Waals surface area contributed by atoms with Crippen LogP contribution in [0.1, 0.15) is 36.7 Å². The lowest BCUT2D eigenvalue weighted by Gasteiger charge is -2.37. The van der Waals surface area contributed by atoms with E-state index in [1.54, 1.807) is 4.90 Å². The largest absolute Gasteiger partial charge is 0.389 e. The summed E-state index contributed by atoms with van der Waals surface area (Å²) < 4.78 is 0. The minimum atomic E-state index is -0.347. The molecule has 1 fully saturated rings. The molecule has 3 heteroatoms. The zero-order valence-corrected chi connectivity index (χ0v) is 10.6. The van der Waals surface area contributed by atoms with Gasteiger partial charge in [0.2, 0.25) is 0 Å². The fourth-order valence-corrected chi connectivity index (χ4v) is 2.12. The van der Waals surface area contributed by atoms with Crippen molar-refractivity contribution < 1.29 is 9.90 Å². The van der Waals surface area contributed by atoms with Crippen molar-refractivity contribution in [3.05, 3.63) is 35.4 Å². The van der Waals surface area contributed by atoms with E-state index in [1.165, 1.54) is 0 Å². The second-order valence-electron chi connectivity index (χ2n) is 5.66. The Balaban J connectivity index is 2.29. The van der Waals surface area contributed by atoms with Crippen molar-refractivity contribution in [3.8, 4) is 0 Å². The molecule has 92 valence electrons. The monoisotopic (exact) mass is 233 g/mol. The van der Waals surface area contributed by atoms with Gasteiger partial charge >= 0.3 is 0 Å². The predicted octanol–water partition coefficient (Wildman–Crippen LogP) is 1.80. The molecule has 1 aliphatic rings. The van der Waals surface area contributed by atoms with E-state index >= 15 is 0 Å². The minimum absolute atomic E-state index is 0.0285. The molecule has 0 bridgehead atoms. The van der Waals surface area contributed by atoms with Gasteiger partial charge in [0.1, 0.15) is 0 Å². The second-order valence-corrected chi connectivity index (χ2v) is 5.66. The predicted molar refractivity (Wildman–Crippen MR) is 67.1 cm³/mol. The van der Waals surface area contributed by atoms with Crippen LogP contribution < -0.4 is 0 Å². The summed E-state index contributed by atoms with van der Waals surface area (Å²) in [6.45, 7) is 7.22. The maximum absolute atomic E-state index is 12.3. The zero-order chi connectivity index (χ0) is 12.6. The number of hydrogen-bond donors (Lipinski definition) is 1. The van der Waals surface area contributed by atoms with E-state index in [9.17, 15) is 9.90 Å². The molecule has 0 saturated carbocycles. The number of carbonyl (C=O) groups is 1. The van der Waals surface area contributed by atoms with E-state index in [1.807, 2.05) is 24.3 Å². The number of β-amino-alcohol motifs (C(OH)–C–C–N with tert-alkyl or cyclic N) is 1. The van der Waals surface area contributed by atoms with Crippen LogP contribution in [0.5, 0.6) is 0 Å². The molecule has 2 rings (SSSR count). The van der Waals surface area contributed by atoms with Crippen molar-refractivity contribution in [2.24, 2.45) is 0 Å². The maximum Gasteiger partial charge on any atom is 0.254 e. The first-order valence-corrected chi connectivity index (χ1v) is 5.96. The van der Waals surface area contributed by atoms with Gasteiger partial charge in [0.25, 0.3) is 5.91 Å². The number of aliphatic hydroxyl groups is 1. The Morgan fingerprint density at radius 1 is 1.29 bits per heavy atom. The molecule has 1 N–H and O–H groups in total. The number of nitrogens with zero attached hydrogens (tertiary/aromatic N) is 1. The Kier molecular flexibility index (Phi) is 2.96. The molecule has 0 aromatic heterocycles. The number of rotatable bonds is 1. The summed E-state index contributed by atoms with van der Waals surface area (Å²) in [6, 6.07) is 7.72. The van der Waals surface area contributed by atoms with Crippen molar-refractivity contribution in [1.82, 2.24) is 4.90 Å². The summed E-state index contributed by atoms with van der Waals surface area (Å²) in [6.07, 6.45) is -0.347. The van der Waals surface area contributed by atoms with Gasteiger partial charge in [-0.3, -0.25) is 4.79 Å². The van der Waals surface area contributed by atoms with Crippen LogP contribution in [0.4, 0.5) is 0 Å². The molecule has 0 unspecified atom stereocenters. The standard InChI is InChI=1S/C14H19NO2/c1-14(2,3)12-7-5-4-6-11(12)13(17)15-8-10(16)9-15/h4-7,10,16H,8-9H2,1-3H3. The SMILES string of the molecule is CC(C)(C)c1ccccc1C(=O)N1CC(O)C1. The number of aliphatic hydroxyl groups excluding tert-OH is 1. The first-order valence-electron chi connectivity index (χ1n) is 5.96. The van der Waals surface area contributed by atoms with Crippen LogP contribution in [-0.2, 0) is 5.41 Å². The molecule has 0 aliphatic carbocycles. The third-order valence-corrected chi connectivity index (χ3v) is 3.11. The molecule has 1 heterocycles. The average Bonchev–Trinajstić information content (AvgIpc) is 2.23. The van der Waals surface area contributed by atoms with Gasteiger partial charge in [-0.1, -0.05) is 39.0 Å². The van der Waals surface area contributed by atoms with Gasteiger partial charge in [-0.25, -0.2) is 0 Å². The van der Waals surface area contributed by atoms with Gasteiger partial charge in [-0.05, 0) is 17.0 Å². The normalized spacial score (nSPS) is 16.8. The first kappa shape index (κ1) is 12.1. The summed E-state index contributed by atoms with van der Waals surface area (Å²) in [5, 5.41) is 9.25. The van der Waals surface area contributed by atoms with Crippen LogP contribution in [0, 0.1) is 0 Å². The van der Waals surface area contributed by atoms with Crippen LogP contribution in [0.15, 0.2) is 24.3 Å². The molecular formula is C14H19NO2. The van der Waals surface area contributed by atoms with Crippen LogP contribution in [0.2, 0.25) is 0 Å². The molecule has 0 spiro atoms. The highest BCUT2D eigenvalue weighted by Crippen LogP contribution is 2.27. The van der Waals surface area contributed by atoms with Crippen molar-refractivity contribution in [1.29, 1.82) is 0 Å². The topological polar surface area (TPSA) is 40.5 Å². The highest BCUT2D eigenvalue weighted by Gasteiger charge is 2.31. The van der Waals surface area contributed by atoms with E-state index in [2.05, 4.69) is 20.8 Å². The fourth-order valence-electron chi connectivity index (χ4n) is 2.12. The zero-order valence-electron chi connectivity index (χ0n) is 10.6. The Morgan fingerprint density at radius 2 is 1.88 bits per heavy atom. The fraction of sp³-hybridized carbons (Fsp3) is 0.500. The Morgan fingerprint density at radius 3 is 2.41 bits per heavy atom. The molecule has 0 atom stereocenters. The van der Waals surface area contributed by atoms with Crippen LogP contribution in [0.3, 0.4) is 0 Å². The lowest BCUT2D eigenvalue weighted by molar-refractivity contribution is 0.00575. The minimum Gasteiger partial charge on any atom is -0.389 e. The lowest BCUT2D eigenvalue weighted by Crippen LogP contribution is -2.53. The van der Waals surface area contributed by atoms with Crippen LogP contribution in [0.25, 0.3) is 0 Å². The van der Waals surface area contributed by atoms with E-state index < -0.39 is 0 Å². The first-order chi connectivity index (χ1) is 7.89. The Hall–Kier alpha value is -1.35. The van der Waals surface area contributed by atoms with E-state index in [4.69, 9.17) is 0 Å². The molecule has 1 saturated heterocycles. The van der Waals surface area contributed by atoms with E-state index in [-0.39, 0.29) is 17.4 Å². The lowest BCUT2D eigenvalue weighted by atomic mass is 9.83. The summed E-state index contributed by atoms with van der Waals surface area (Å²) >= 11 is 0. The van der Waals surface area contributed by atoms with Gasteiger partial charge in [0, 0.05) is 18.7 Å². The molecule has 1 aromatic rings. The van der Waals surface area contributed by atoms with Gasteiger partial charge < -0.3 is 10.0 Å². The van der Waals surface area contributed by atoms with Crippen molar-refractivity contribution in [3.63, 3.8) is 0 Å². The highest BCUT2D eigenvalue weighted by molar-refractivity contribution is 5.96. The number of hydrogen-bond acceptors (Lipinski definition) is 2. The average molecular weight is 233 g/mol. The summed E-state index contributed by atoms with van der Waals surface area (Å²) in [7, 11) is 0. The van der Waals surface area contributed by atoms with Gasteiger partial charge in [0.05, 0.1) is 6.10 Å². The van der Waals surface area contributed by atoms with Crippen LogP contribution >= 0.6 is 0 Å². The number of carbonyl (C=O) groups excluding carboxylic acids is 1. The number of likely N-dealkylation sites (tertiary alicyclic amines) is 1. The van der Waals surface area contributed by atoms with E-state index in [0.29, 0.717) is 13.1 Å². The van der Waals surface area contributed by atoms with E-state index in [0.717, 1.165) is 11.1 Å². The number of amides is 1. The van der Waals surface area contributed by atoms with Crippen LogP contribution in [-0.4, -0.2) is 35.1 Å². The molecule has 1 amide bonds. The molecule has 0 radical (unpaired) electrons. The van der Waals surface area contributed by atoms with Crippen molar-refractivity contribution in [2.75, 3.05) is 13.1 Å². The van der Waals surface area contributed by atoms with Gasteiger partial charge in [-0.15, -0.1) is 0 Å². The smallest absolute Gasteiger partial charge is 0.254 e. The highest BCUT2D eigenvalue weighted by atomic mass is 16.3. The molecule has 17 heavy (non-hydrogen) atoms. The molecule has 3 nitrogen and oxygen atoms in total. The number of benzene rings is 1. The third kappa shape index (κ3) is 2.34. The quantitative estimate of drug-likeness (QED) is 0.803. The van der Waals surface area contributed by atoms with Crippen molar-refractivity contribution >= 4 is 5.91 Å². The summed E-state index contributed by atoms with van der Waals surface area (Å²) in [4.78, 5) is 13.9. The molecule has 1 aliphatic heterocycles. The third-order valence-electron chi connectivity index (χ3n) is 3.11. The second kappa shape index (κ2) is 4.15. The van der Waals surface area contributed by atoms with Gasteiger partial charge in [0.15, 0.2) is 0 Å². The Bertz CT molecular complexity index is 428. The summed E-state index contributed by atoms with van der Waals surface area (Å²) in [5.41, 5.74) is 1.77. The van der Waals surface area contributed by atoms with Gasteiger partial charge in [-0.2, -0.15) is 0 Å². The Labute approximate surface area is 102 Å². The molecular weight excluding hydrogens is 214 g/mol. The maximum atomic E-state index is 12.3.